The van der Waals surface area contributed by atoms with Crippen molar-refractivity contribution in [3.63, 3.8) is 0 Å². The van der Waals surface area contributed by atoms with E-state index in [-0.39, 0.29) is 36.2 Å². The molecule has 1 aliphatic carbocycles. The maximum absolute atomic E-state index is 13.3. The zero-order valence-electron chi connectivity index (χ0n) is 21.2. The molecule has 0 radical (unpaired) electrons. The van der Waals surface area contributed by atoms with E-state index in [1.165, 1.54) is 11.1 Å². The van der Waals surface area contributed by atoms with Gasteiger partial charge in [0.2, 0.25) is 5.91 Å². The lowest BCUT2D eigenvalue weighted by atomic mass is 10.0. The van der Waals surface area contributed by atoms with Crippen LogP contribution in [0.3, 0.4) is 0 Å². The van der Waals surface area contributed by atoms with Gasteiger partial charge in [0.25, 0.3) is 0 Å². The molecule has 0 unspecified atom stereocenters. The minimum absolute atomic E-state index is 0.0513. The van der Waals surface area contributed by atoms with Crippen LogP contribution in [0.15, 0.2) is 18.3 Å². The molecule has 0 atom stereocenters. The van der Waals surface area contributed by atoms with E-state index in [1.54, 1.807) is 18.1 Å². The Morgan fingerprint density at radius 2 is 2.21 bits per heavy atom. The topological polar surface area (TPSA) is 150 Å². The highest BCUT2D eigenvalue weighted by Crippen LogP contribution is 2.42. The van der Waals surface area contributed by atoms with E-state index in [0.29, 0.717) is 68.0 Å². The minimum Gasteiger partial charge on any atom is -0.383 e. The molecule has 12 heteroatoms. The van der Waals surface area contributed by atoms with Gasteiger partial charge in [-0.15, -0.1) is 0 Å². The SMILES string of the molecule is COCCNc1cc(NC(=O)N2CCCc3cc(CN4CC5(CC5)OCC4=O)c(C=O)nc32)ncc1C#N. The molecule has 0 bridgehead atoms. The second-order valence-electron chi connectivity index (χ2n) is 9.69. The smallest absolute Gasteiger partial charge is 0.328 e. The van der Waals surface area contributed by atoms with Gasteiger partial charge in [-0.25, -0.2) is 14.8 Å². The number of carbonyl (C=O) groups excluding carboxylic acids is 3. The first kappa shape index (κ1) is 25.6. The molecule has 1 saturated carbocycles. The molecular weight excluding hydrogens is 490 g/mol. The lowest BCUT2D eigenvalue weighted by molar-refractivity contribution is -0.152. The summed E-state index contributed by atoms with van der Waals surface area (Å²) in [6.45, 7) is 2.19. The fraction of sp³-hybridized carbons (Fsp3) is 0.462. The van der Waals surface area contributed by atoms with Crippen LogP contribution in [0.1, 0.15) is 46.4 Å². The lowest BCUT2D eigenvalue weighted by Gasteiger charge is -2.34. The van der Waals surface area contributed by atoms with Crippen LogP contribution in [0.4, 0.5) is 22.1 Å². The van der Waals surface area contributed by atoms with E-state index in [1.807, 2.05) is 6.07 Å². The normalized spacial score (nSPS) is 17.5. The summed E-state index contributed by atoms with van der Waals surface area (Å²) in [5.74, 6) is 0.579. The molecule has 4 heterocycles. The first-order valence-corrected chi connectivity index (χ1v) is 12.6. The van der Waals surface area contributed by atoms with E-state index in [4.69, 9.17) is 9.47 Å². The van der Waals surface area contributed by atoms with E-state index in [0.717, 1.165) is 18.4 Å². The maximum atomic E-state index is 13.3. The molecule has 3 aliphatic rings. The number of aromatic nitrogens is 2. The summed E-state index contributed by atoms with van der Waals surface area (Å²) in [7, 11) is 1.58. The van der Waals surface area contributed by atoms with Gasteiger partial charge in [0, 0.05) is 44.6 Å². The average Bonchev–Trinajstić information content (AvgIpc) is 3.69. The molecule has 2 aliphatic heterocycles. The number of aldehydes is 1. The highest BCUT2D eigenvalue weighted by atomic mass is 16.5. The summed E-state index contributed by atoms with van der Waals surface area (Å²) in [6, 6.07) is 5.11. The van der Waals surface area contributed by atoms with Crippen molar-refractivity contribution in [1.82, 2.24) is 14.9 Å². The minimum atomic E-state index is -0.442. The Bertz CT molecular complexity index is 1300. The number of anilines is 3. The van der Waals surface area contributed by atoms with Crippen LogP contribution in [0, 0.1) is 11.3 Å². The number of pyridine rings is 2. The van der Waals surface area contributed by atoms with Crippen molar-refractivity contribution >= 4 is 35.5 Å². The number of carbonyl (C=O) groups is 3. The van der Waals surface area contributed by atoms with Gasteiger partial charge in [-0.05, 0) is 37.3 Å². The molecular formula is C26H29N7O5. The van der Waals surface area contributed by atoms with Crippen molar-refractivity contribution in [2.45, 2.75) is 37.8 Å². The van der Waals surface area contributed by atoms with Crippen LogP contribution in [0.2, 0.25) is 0 Å². The predicted octanol–water partition coefficient (Wildman–Crippen LogP) is 2.10. The maximum Gasteiger partial charge on any atom is 0.328 e. The van der Waals surface area contributed by atoms with Crippen molar-refractivity contribution in [2.24, 2.45) is 0 Å². The summed E-state index contributed by atoms with van der Waals surface area (Å²) in [6.07, 6.45) is 5.33. The van der Waals surface area contributed by atoms with Gasteiger partial charge in [0.05, 0.1) is 30.0 Å². The molecule has 0 aromatic carbocycles. The van der Waals surface area contributed by atoms with Gasteiger partial charge in [0.1, 0.15) is 30.0 Å². The molecule has 3 amide bonds. The van der Waals surface area contributed by atoms with Crippen molar-refractivity contribution < 1.29 is 23.9 Å². The standard InChI is InChI=1S/C26H29N7O5/c1-37-8-6-28-20-10-22(29-12-19(20)11-27)31-25(36)33-7-2-3-17-9-18(21(14-34)30-24(17)33)13-32-16-26(4-5-26)38-15-23(32)35/h9-10,12,14H,2-8,13,15-16H2,1H3,(H2,28,29,31,36). The fourth-order valence-electron chi connectivity index (χ4n) is 4.79. The Kier molecular flexibility index (Phi) is 7.22. The summed E-state index contributed by atoms with van der Waals surface area (Å²) in [4.78, 5) is 49.7. The number of rotatable bonds is 8. The molecule has 2 N–H and O–H groups in total. The third kappa shape index (κ3) is 5.29. The van der Waals surface area contributed by atoms with Gasteiger partial charge in [-0.3, -0.25) is 19.8 Å². The van der Waals surface area contributed by atoms with Crippen LogP contribution < -0.4 is 15.5 Å². The molecule has 38 heavy (non-hydrogen) atoms. The molecule has 12 nitrogen and oxygen atoms in total. The predicted molar refractivity (Wildman–Crippen MR) is 137 cm³/mol. The number of nitrogens with one attached hydrogen (secondary N) is 2. The number of ether oxygens (including phenoxy) is 2. The second-order valence-corrected chi connectivity index (χ2v) is 9.69. The number of urea groups is 1. The first-order chi connectivity index (χ1) is 18.4. The third-order valence-corrected chi connectivity index (χ3v) is 7.01. The van der Waals surface area contributed by atoms with Gasteiger partial charge >= 0.3 is 6.03 Å². The number of hydrogen-bond donors (Lipinski definition) is 2. The van der Waals surface area contributed by atoms with Crippen molar-refractivity contribution in [3.05, 3.63) is 40.7 Å². The van der Waals surface area contributed by atoms with Gasteiger partial charge in [0.15, 0.2) is 6.29 Å². The fourth-order valence-corrected chi connectivity index (χ4v) is 4.79. The first-order valence-electron chi connectivity index (χ1n) is 12.6. The number of morpholine rings is 1. The van der Waals surface area contributed by atoms with Gasteiger partial charge in [-0.2, -0.15) is 5.26 Å². The van der Waals surface area contributed by atoms with Crippen LogP contribution in [0.25, 0.3) is 0 Å². The van der Waals surface area contributed by atoms with Crippen molar-refractivity contribution in [2.75, 3.05) is 55.5 Å². The summed E-state index contributed by atoms with van der Waals surface area (Å²) >= 11 is 0. The zero-order chi connectivity index (χ0) is 26.7. The van der Waals surface area contributed by atoms with Crippen LogP contribution in [-0.4, -0.2) is 78.7 Å². The second kappa shape index (κ2) is 10.7. The lowest BCUT2D eigenvalue weighted by Crippen LogP contribution is -2.47. The summed E-state index contributed by atoms with van der Waals surface area (Å²) in [5.41, 5.74) is 2.35. The Morgan fingerprint density at radius 1 is 1.37 bits per heavy atom. The zero-order valence-corrected chi connectivity index (χ0v) is 21.2. The van der Waals surface area contributed by atoms with E-state index < -0.39 is 6.03 Å². The number of nitriles is 1. The average molecular weight is 520 g/mol. The molecule has 1 saturated heterocycles. The summed E-state index contributed by atoms with van der Waals surface area (Å²) in [5, 5.41) is 15.2. The number of hydrogen-bond acceptors (Lipinski definition) is 9. The number of fused-ring (bicyclic) bond motifs is 1. The molecule has 198 valence electrons. The molecule has 2 aromatic heterocycles. The van der Waals surface area contributed by atoms with Crippen LogP contribution in [-0.2, 0) is 27.2 Å². The Balaban J connectivity index is 1.34. The number of nitrogens with zero attached hydrogens (tertiary/aromatic N) is 5. The Morgan fingerprint density at radius 3 is 2.95 bits per heavy atom. The monoisotopic (exact) mass is 519 g/mol. The number of aryl methyl sites for hydroxylation is 1. The van der Waals surface area contributed by atoms with Crippen molar-refractivity contribution in [1.29, 1.82) is 5.26 Å². The van der Waals surface area contributed by atoms with Crippen molar-refractivity contribution in [3.8, 4) is 6.07 Å². The van der Waals surface area contributed by atoms with Crippen LogP contribution >= 0.6 is 0 Å². The molecule has 5 rings (SSSR count). The molecule has 1 spiro atoms. The number of methoxy groups -OCH3 is 1. The van der Waals surface area contributed by atoms with E-state index in [9.17, 15) is 19.6 Å². The Labute approximate surface area is 219 Å². The molecule has 2 fully saturated rings. The quantitative estimate of drug-likeness (QED) is 0.395. The third-order valence-electron chi connectivity index (χ3n) is 7.01. The summed E-state index contributed by atoms with van der Waals surface area (Å²) < 4.78 is 10.7. The highest BCUT2D eigenvalue weighted by Gasteiger charge is 2.49. The van der Waals surface area contributed by atoms with E-state index in [2.05, 4.69) is 26.7 Å². The van der Waals surface area contributed by atoms with Gasteiger partial charge in [-0.1, -0.05) is 0 Å². The number of amides is 3. The largest absolute Gasteiger partial charge is 0.383 e. The van der Waals surface area contributed by atoms with Crippen LogP contribution in [0.5, 0.6) is 0 Å². The Hall–Kier alpha value is -4.08. The van der Waals surface area contributed by atoms with Gasteiger partial charge < -0.3 is 19.7 Å². The van der Waals surface area contributed by atoms with E-state index >= 15 is 0 Å². The highest BCUT2D eigenvalue weighted by molar-refractivity contribution is 6.01. The molecule has 2 aromatic rings.